The lowest BCUT2D eigenvalue weighted by atomic mass is 9.85. The Morgan fingerprint density at radius 3 is 2.63 bits per heavy atom. The monoisotopic (exact) mass is 503 g/mol. The topological polar surface area (TPSA) is 112 Å². The number of carbonyl (C=O) groups is 1. The number of H-pyrrole nitrogens is 2. The van der Waals surface area contributed by atoms with Gasteiger partial charge in [-0.2, -0.15) is 5.10 Å². The summed E-state index contributed by atoms with van der Waals surface area (Å²) in [4.78, 5) is 29.0. The molecule has 0 unspecified atom stereocenters. The van der Waals surface area contributed by atoms with Gasteiger partial charge in [-0.15, -0.1) is 0 Å². The van der Waals surface area contributed by atoms with Gasteiger partial charge in [0.1, 0.15) is 11.5 Å². The molecule has 0 spiro atoms. The average molecular weight is 504 g/mol. The van der Waals surface area contributed by atoms with Crippen molar-refractivity contribution >= 4 is 33.4 Å². The number of rotatable bonds is 5. The molecule has 0 bridgehead atoms. The van der Waals surface area contributed by atoms with Crippen molar-refractivity contribution in [2.24, 2.45) is 5.92 Å². The molecule has 5 aromatic heterocycles. The summed E-state index contributed by atoms with van der Waals surface area (Å²) in [5, 5.41) is 12.3. The van der Waals surface area contributed by atoms with Gasteiger partial charge in [0.15, 0.2) is 0 Å². The Labute approximate surface area is 216 Å². The molecule has 1 aliphatic carbocycles. The molecule has 1 aromatic carbocycles. The van der Waals surface area contributed by atoms with Crippen LogP contribution in [-0.2, 0) is 4.79 Å². The predicted molar refractivity (Wildman–Crippen MR) is 144 cm³/mol. The number of aromatic amines is 2. The maximum Gasteiger partial charge on any atom is 0.227 e. The highest BCUT2D eigenvalue weighted by Gasteiger charge is 2.25. The summed E-state index contributed by atoms with van der Waals surface area (Å²) in [6, 6.07) is 12.5. The molecule has 7 rings (SSSR count). The second kappa shape index (κ2) is 8.88. The van der Waals surface area contributed by atoms with Gasteiger partial charge < -0.3 is 10.3 Å². The maximum atomic E-state index is 14.6. The average Bonchev–Trinajstić information content (AvgIpc) is 3.52. The molecule has 186 valence electrons. The molecule has 1 fully saturated rings. The minimum Gasteiger partial charge on any atom is -0.352 e. The predicted octanol–water partition coefficient (Wildman–Crippen LogP) is 6.11. The van der Waals surface area contributed by atoms with E-state index in [-0.39, 0.29) is 17.6 Å². The standard InChI is InChI=1S/C29H22FN7O/c30-23-7-2-1-6-19(23)22-13-32-14-26-20(22)9-25(35-26)28-21-10-24(33-15-27(21)36-37-28)17-8-18(12-31-11-17)34-29(38)16-4-3-5-16/h1-2,6-16,35H,3-5H2,(H,34,38)(H,36,37). The fraction of sp³-hybridized carbons (Fsp3) is 0.138. The molecule has 0 atom stereocenters. The smallest absolute Gasteiger partial charge is 0.227 e. The first-order valence-corrected chi connectivity index (χ1v) is 12.5. The van der Waals surface area contributed by atoms with Crippen molar-refractivity contribution in [3.63, 3.8) is 0 Å². The van der Waals surface area contributed by atoms with Crippen molar-refractivity contribution in [1.29, 1.82) is 0 Å². The molecule has 1 saturated carbocycles. The number of aromatic nitrogens is 6. The lowest BCUT2D eigenvalue weighted by Crippen LogP contribution is -2.28. The summed E-state index contributed by atoms with van der Waals surface area (Å²) in [7, 11) is 0. The first-order valence-electron chi connectivity index (χ1n) is 12.5. The van der Waals surface area contributed by atoms with E-state index in [4.69, 9.17) is 0 Å². The molecular formula is C29H22FN7O. The zero-order chi connectivity index (χ0) is 25.6. The lowest BCUT2D eigenvalue weighted by Gasteiger charge is -2.24. The van der Waals surface area contributed by atoms with Crippen LogP contribution >= 0.6 is 0 Å². The quantitative estimate of drug-likeness (QED) is 0.263. The minimum atomic E-state index is -0.301. The molecule has 0 aliphatic heterocycles. The van der Waals surface area contributed by atoms with Crippen LogP contribution < -0.4 is 5.32 Å². The fourth-order valence-electron chi connectivity index (χ4n) is 4.92. The summed E-state index contributed by atoms with van der Waals surface area (Å²) in [6.45, 7) is 0. The van der Waals surface area contributed by atoms with Gasteiger partial charge in [-0.1, -0.05) is 24.6 Å². The summed E-state index contributed by atoms with van der Waals surface area (Å²) in [5.74, 6) is -0.170. The van der Waals surface area contributed by atoms with E-state index in [1.165, 1.54) is 6.07 Å². The minimum absolute atomic E-state index is 0.0405. The number of anilines is 1. The van der Waals surface area contributed by atoms with Gasteiger partial charge in [-0.3, -0.25) is 24.8 Å². The molecule has 1 aliphatic rings. The number of amides is 1. The van der Waals surface area contributed by atoms with Crippen molar-refractivity contribution in [2.75, 3.05) is 5.32 Å². The number of nitrogens with one attached hydrogen (secondary N) is 3. The third-order valence-corrected chi connectivity index (χ3v) is 7.19. The van der Waals surface area contributed by atoms with Gasteiger partial charge in [0.25, 0.3) is 0 Å². The summed E-state index contributed by atoms with van der Waals surface area (Å²) in [6.07, 6.45) is 11.5. The van der Waals surface area contributed by atoms with Crippen LogP contribution in [0.3, 0.4) is 0 Å². The summed E-state index contributed by atoms with van der Waals surface area (Å²) >= 11 is 0. The number of hydrogen-bond donors (Lipinski definition) is 3. The van der Waals surface area contributed by atoms with E-state index in [9.17, 15) is 9.18 Å². The zero-order valence-corrected chi connectivity index (χ0v) is 20.2. The third kappa shape index (κ3) is 3.80. The van der Waals surface area contributed by atoms with Gasteiger partial charge in [0.05, 0.1) is 46.7 Å². The largest absolute Gasteiger partial charge is 0.352 e. The number of nitrogens with zero attached hydrogens (tertiary/aromatic N) is 4. The Balaban J connectivity index is 1.27. The van der Waals surface area contributed by atoms with E-state index in [2.05, 4.69) is 35.5 Å². The zero-order valence-electron chi connectivity index (χ0n) is 20.2. The van der Waals surface area contributed by atoms with Crippen molar-refractivity contribution in [1.82, 2.24) is 30.1 Å². The Bertz CT molecular complexity index is 1840. The number of hydrogen-bond acceptors (Lipinski definition) is 5. The second-order valence-electron chi connectivity index (χ2n) is 9.58. The van der Waals surface area contributed by atoms with Crippen molar-refractivity contribution < 1.29 is 9.18 Å². The second-order valence-corrected chi connectivity index (χ2v) is 9.58. The van der Waals surface area contributed by atoms with Crippen LogP contribution in [0.4, 0.5) is 10.1 Å². The summed E-state index contributed by atoms with van der Waals surface area (Å²) in [5.41, 5.74) is 6.38. The van der Waals surface area contributed by atoms with E-state index < -0.39 is 0 Å². The number of halogens is 1. The molecule has 0 radical (unpaired) electrons. The first kappa shape index (κ1) is 22.3. The molecule has 9 heteroatoms. The molecule has 8 nitrogen and oxygen atoms in total. The van der Waals surface area contributed by atoms with Crippen LogP contribution in [0.2, 0.25) is 0 Å². The SMILES string of the molecule is O=C(Nc1cncc(-c2cc3c(-c4cc5c(-c6ccccc6F)cncc5[nH]4)n[nH]c3cn2)c1)C1CCC1. The Hall–Kier alpha value is -4.92. The number of benzene rings is 1. The van der Waals surface area contributed by atoms with Gasteiger partial charge in [-0.25, -0.2) is 4.39 Å². The van der Waals surface area contributed by atoms with Crippen molar-refractivity contribution in [2.45, 2.75) is 19.3 Å². The van der Waals surface area contributed by atoms with Crippen LogP contribution in [0.15, 0.2) is 73.4 Å². The van der Waals surface area contributed by atoms with E-state index >= 15 is 0 Å². The van der Waals surface area contributed by atoms with Crippen LogP contribution in [0.25, 0.3) is 55.6 Å². The molecule has 38 heavy (non-hydrogen) atoms. The fourth-order valence-corrected chi connectivity index (χ4v) is 4.92. The maximum absolute atomic E-state index is 14.6. The molecular weight excluding hydrogens is 481 g/mol. The lowest BCUT2D eigenvalue weighted by molar-refractivity contribution is -0.122. The first-order chi connectivity index (χ1) is 18.6. The van der Waals surface area contributed by atoms with Crippen LogP contribution in [0, 0.1) is 11.7 Å². The Kier molecular flexibility index (Phi) is 5.21. The van der Waals surface area contributed by atoms with E-state index in [1.54, 1.807) is 43.1 Å². The highest BCUT2D eigenvalue weighted by atomic mass is 19.1. The van der Waals surface area contributed by atoms with Gasteiger partial charge in [-0.05, 0) is 37.1 Å². The highest BCUT2D eigenvalue weighted by molar-refractivity contribution is 6.01. The number of carbonyl (C=O) groups excluding carboxylic acids is 1. The molecule has 5 heterocycles. The Morgan fingerprint density at radius 1 is 0.921 bits per heavy atom. The van der Waals surface area contributed by atoms with Crippen molar-refractivity contribution in [3.8, 4) is 33.8 Å². The number of fused-ring (bicyclic) bond motifs is 2. The van der Waals surface area contributed by atoms with Gasteiger partial charge >= 0.3 is 0 Å². The van der Waals surface area contributed by atoms with Gasteiger partial charge in [0.2, 0.25) is 5.91 Å². The van der Waals surface area contributed by atoms with E-state index in [0.717, 1.165) is 52.3 Å². The van der Waals surface area contributed by atoms with Crippen molar-refractivity contribution in [3.05, 3.63) is 79.3 Å². The molecule has 1 amide bonds. The molecule has 6 aromatic rings. The molecule has 3 N–H and O–H groups in total. The van der Waals surface area contributed by atoms with E-state index in [1.807, 2.05) is 24.3 Å². The normalized spacial score (nSPS) is 13.6. The van der Waals surface area contributed by atoms with Gasteiger partial charge in [0, 0.05) is 45.8 Å². The number of pyridine rings is 3. The van der Waals surface area contributed by atoms with Crippen LogP contribution in [-0.4, -0.2) is 36.0 Å². The summed E-state index contributed by atoms with van der Waals surface area (Å²) < 4.78 is 14.6. The van der Waals surface area contributed by atoms with Crippen LogP contribution in [0.1, 0.15) is 19.3 Å². The third-order valence-electron chi connectivity index (χ3n) is 7.19. The molecule has 0 saturated heterocycles. The highest BCUT2D eigenvalue weighted by Crippen LogP contribution is 2.35. The van der Waals surface area contributed by atoms with Crippen LogP contribution in [0.5, 0.6) is 0 Å². The van der Waals surface area contributed by atoms with E-state index in [0.29, 0.717) is 28.2 Å². The Morgan fingerprint density at radius 2 is 1.79 bits per heavy atom.